The van der Waals surface area contributed by atoms with Gasteiger partial charge in [-0.1, -0.05) is 24.3 Å². The van der Waals surface area contributed by atoms with E-state index in [-0.39, 0.29) is 18.0 Å². The van der Waals surface area contributed by atoms with E-state index in [9.17, 15) is 8.78 Å². The van der Waals surface area contributed by atoms with Crippen molar-refractivity contribution < 1.29 is 13.5 Å². The topological polar surface area (TPSA) is 63.7 Å². The third-order valence-corrected chi connectivity index (χ3v) is 5.03. The Balaban J connectivity index is 2.11. The fraction of sp³-hybridized carbons (Fsp3) is 0.0952. The molecule has 0 fully saturated rings. The highest BCUT2D eigenvalue weighted by molar-refractivity contribution is 9.10. The van der Waals surface area contributed by atoms with Crippen LogP contribution in [0.25, 0.3) is 27.8 Å². The second-order valence-electron chi connectivity index (χ2n) is 6.20. The second kappa shape index (κ2) is 7.60. The molecule has 0 radical (unpaired) electrons. The summed E-state index contributed by atoms with van der Waals surface area (Å²) in [7, 11) is 1.46. The molecule has 144 valence electrons. The van der Waals surface area contributed by atoms with Gasteiger partial charge in [0.05, 0.1) is 35.0 Å². The van der Waals surface area contributed by atoms with Crippen molar-refractivity contribution in [2.75, 3.05) is 7.11 Å². The molecular formula is C21H13BrF2N4O. The van der Waals surface area contributed by atoms with E-state index in [0.29, 0.717) is 26.6 Å². The van der Waals surface area contributed by atoms with Crippen molar-refractivity contribution in [1.82, 2.24) is 14.8 Å². The van der Waals surface area contributed by atoms with Crippen LogP contribution in [0, 0.1) is 23.0 Å². The monoisotopic (exact) mass is 454 g/mol. The highest BCUT2D eigenvalue weighted by Crippen LogP contribution is 2.39. The van der Waals surface area contributed by atoms with Crippen LogP contribution in [-0.4, -0.2) is 21.9 Å². The van der Waals surface area contributed by atoms with E-state index in [4.69, 9.17) is 10.00 Å². The summed E-state index contributed by atoms with van der Waals surface area (Å²) in [5.41, 5.74) is 2.03. The molecule has 0 atom stereocenters. The molecule has 2 aromatic heterocycles. The first kappa shape index (κ1) is 19.0. The molecule has 0 spiro atoms. The minimum Gasteiger partial charge on any atom is -0.480 e. The molecule has 0 aliphatic heterocycles. The summed E-state index contributed by atoms with van der Waals surface area (Å²) in [5.74, 6) is -1.23. The van der Waals surface area contributed by atoms with Crippen LogP contribution in [-0.2, 0) is 6.42 Å². The molecule has 8 heteroatoms. The van der Waals surface area contributed by atoms with Gasteiger partial charge < -0.3 is 4.74 Å². The summed E-state index contributed by atoms with van der Waals surface area (Å²) in [4.78, 5) is 4.26. The Kier molecular flexibility index (Phi) is 4.99. The number of fused-ring (bicyclic) bond motifs is 1. The number of methoxy groups -OCH3 is 1. The number of nitrogens with zero attached hydrogens (tertiary/aromatic N) is 4. The number of halogens is 3. The predicted molar refractivity (Wildman–Crippen MR) is 108 cm³/mol. The SMILES string of the molecule is COc1ncc(Br)c2c1c(-c1cccc(CC#N)c1)nn2-c1c(F)cccc1F. The smallest absolute Gasteiger partial charge is 0.225 e. The summed E-state index contributed by atoms with van der Waals surface area (Å²) < 4.78 is 36.2. The van der Waals surface area contributed by atoms with Gasteiger partial charge in [0.15, 0.2) is 11.6 Å². The quantitative estimate of drug-likeness (QED) is 0.424. The van der Waals surface area contributed by atoms with E-state index in [2.05, 4.69) is 32.1 Å². The van der Waals surface area contributed by atoms with Crippen molar-refractivity contribution in [3.63, 3.8) is 0 Å². The zero-order chi connectivity index (χ0) is 20.5. The van der Waals surface area contributed by atoms with Gasteiger partial charge in [-0.05, 0) is 39.7 Å². The fourth-order valence-corrected chi connectivity index (χ4v) is 3.68. The summed E-state index contributed by atoms with van der Waals surface area (Å²) in [6.45, 7) is 0. The lowest BCUT2D eigenvalue weighted by atomic mass is 10.0. The van der Waals surface area contributed by atoms with Crippen molar-refractivity contribution in [3.05, 3.63) is 70.3 Å². The summed E-state index contributed by atoms with van der Waals surface area (Å²) in [5, 5.41) is 14.0. The Hall–Kier alpha value is -3.31. The molecule has 4 rings (SSSR count). The standard InChI is InChI=1S/C21H13BrF2N4O/c1-29-21-17-18(13-5-2-4-12(10-13)8-9-25)27-28(19(17)14(22)11-26-21)20-15(23)6-3-7-16(20)24/h2-7,10-11H,8H2,1H3. The van der Waals surface area contributed by atoms with E-state index in [0.717, 1.165) is 5.56 Å². The van der Waals surface area contributed by atoms with Crippen LogP contribution in [0.1, 0.15) is 5.56 Å². The number of ether oxygens (including phenoxy) is 1. The fourth-order valence-electron chi connectivity index (χ4n) is 3.21. The Labute approximate surface area is 173 Å². The van der Waals surface area contributed by atoms with Gasteiger partial charge in [-0.15, -0.1) is 0 Å². The number of hydrogen-bond donors (Lipinski definition) is 0. The number of hydrogen-bond acceptors (Lipinski definition) is 4. The van der Waals surface area contributed by atoms with Crippen molar-refractivity contribution in [2.24, 2.45) is 0 Å². The Morgan fingerprint density at radius 2 is 1.90 bits per heavy atom. The van der Waals surface area contributed by atoms with Gasteiger partial charge in [0.1, 0.15) is 11.4 Å². The highest BCUT2D eigenvalue weighted by atomic mass is 79.9. The van der Waals surface area contributed by atoms with Gasteiger partial charge in [0.2, 0.25) is 5.88 Å². The first-order chi connectivity index (χ1) is 14.0. The molecule has 0 N–H and O–H groups in total. The highest BCUT2D eigenvalue weighted by Gasteiger charge is 2.24. The maximum Gasteiger partial charge on any atom is 0.225 e. The average Bonchev–Trinajstić information content (AvgIpc) is 3.10. The van der Waals surface area contributed by atoms with Crippen molar-refractivity contribution in [2.45, 2.75) is 6.42 Å². The summed E-state index contributed by atoms with van der Waals surface area (Å²) >= 11 is 3.42. The summed E-state index contributed by atoms with van der Waals surface area (Å²) in [6, 6.07) is 13.0. The lowest BCUT2D eigenvalue weighted by Gasteiger charge is -2.08. The van der Waals surface area contributed by atoms with E-state index in [1.165, 1.54) is 36.2 Å². The zero-order valence-electron chi connectivity index (χ0n) is 15.2. The van der Waals surface area contributed by atoms with Crippen LogP contribution < -0.4 is 4.74 Å². The number of nitriles is 1. The van der Waals surface area contributed by atoms with Crippen LogP contribution in [0.4, 0.5) is 8.78 Å². The van der Waals surface area contributed by atoms with Crippen LogP contribution in [0.2, 0.25) is 0 Å². The molecule has 0 saturated carbocycles. The minimum absolute atomic E-state index is 0.230. The molecular weight excluding hydrogens is 442 g/mol. The van der Waals surface area contributed by atoms with E-state index >= 15 is 0 Å². The van der Waals surface area contributed by atoms with Crippen LogP contribution >= 0.6 is 15.9 Å². The Bertz CT molecular complexity index is 1260. The van der Waals surface area contributed by atoms with Crippen molar-refractivity contribution >= 4 is 26.8 Å². The van der Waals surface area contributed by atoms with Gasteiger partial charge in [-0.3, -0.25) is 0 Å². The van der Waals surface area contributed by atoms with Gasteiger partial charge in [-0.2, -0.15) is 10.4 Å². The van der Waals surface area contributed by atoms with Crippen LogP contribution in [0.5, 0.6) is 5.88 Å². The van der Waals surface area contributed by atoms with Gasteiger partial charge in [-0.25, -0.2) is 18.4 Å². The lowest BCUT2D eigenvalue weighted by molar-refractivity contribution is 0.403. The first-order valence-corrected chi connectivity index (χ1v) is 9.36. The van der Waals surface area contributed by atoms with Crippen LogP contribution in [0.3, 0.4) is 0 Å². The maximum atomic E-state index is 14.6. The number of benzene rings is 2. The van der Waals surface area contributed by atoms with Gasteiger partial charge in [0.25, 0.3) is 0 Å². The van der Waals surface area contributed by atoms with Gasteiger partial charge in [0, 0.05) is 11.8 Å². The molecule has 29 heavy (non-hydrogen) atoms. The zero-order valence-corrected chi connectivity index (χ0v) is 16.7. The van der Waals surface area contributed by atoms with Crippen molar-refractivity contribution in [1.29, 1.82) is 5.26 Å². The molecule has 2 heterocycles. The molecule has 0 aliphatic rings. The van der Waals surface area contributed by atoms with Gasteiger partial charge >= 0.3 is 0 Å². The van der Waals surface area contributed by atoms with E-state index in [1.807, 2.05) is 18.2 Å². The largest absolute Gasteiger partial charge is 0.480 e. The van der Waals surface area contributed by atoms with E-state index < -0.39 is 11.6 Å². The Morgan fingerprint density at radius 1 is 1.17 bits per heavy atom. The third-order valence-electron chi connectivity index (χ3n) is 4.45. The number of rotatable bonds is 4. The Morgan fingerprint density at radius 3 is 2.59 bits per heavy atom. The van der Waals surface area contributed by atoms with Crippen molar-refractivity contribution in [3.8, 4) is 28.9 Å². The number of para-hydroxylation sites is 1. The predicted octanol–water partition coefficient (Wildman–Crippen LogP) is 5.20. The molecule has 2 aromatic carbocycles. The first-order valence-electron chi connectivity index (χ1n) is 8.57. The molecule has 5 nitrogen and oxygen atoms in total. The molecule has 0 saturated heterocycles. The summed E-state index contributed by atoms with van der Waals surface area (Å²) in [6.07, 6.45) is 1.72. The third kappa shape index (κ3) is 3.23. The minimum atomic E-state index is -0.748. The molecule has 0 unspecified atom stereocenters. The molecule has 0 aliphatic carbocycles. The molecule has 0 amide bonds. The van der Waals surface area contributed by atoms with E-state index in [1.54, 1.807) is 6.07 Å². The second-order valence-corrected chi connectivity index (χ2v) is 7.06. The number of aromatic nitrogens is 3. The number of pyridine rings is 1. The van der Waals surface area contributed by atoms with Crippen LogP contribution in [0.15, 0.2) is 53.1 Å². The average molecular weight is 455 g/mol. The lowest BCUT2D eigenvalue weighted by Crippen LogP contribution is -2.04. The maximum absolute atomic E-state index is 14.6. The molecule has 4 aromatic rings. The molecule has 0 bridgehead atoms. The normalized spacial score (nSPS) is 10.9.